The minimum absolute atomic E-state index is 0.0118. The van der Waals surface area contributed by atoms with Crippen LogP contribution >= 0.6 is 11.8 Å². The number of aryl methyl sites for hydroxylation is 1. The largest absolute Gasteiger partial charge is 0.355 e. The maximum Gasteiger partial charge on any atom is 0.278 e. The Morgan fingerprint density at radius 1 is 1.25 bits per heavy atom. The van der Waals surface area contributed by atoms with Crippen LogP contribution in [0.4, 0.5) is 0 Å². The number of nitrogens with zero attached hydrogens (tertiary/aromatic N) is 2. The molecule has 1 aliphatic carbocycles. The first-order chi connectivity index (χ1) is 13.6. The minimum atomic E-state index is -0.104. The summed E-state index contributed by atoms with van der Waals surface area (Å²) < 4.78 is 0. The zero-order valence-corrected chi connectivity index (χ0v) is 17.6. The SMILES string of the molecule is CCN1C(=O)C(=Cc2ccc(C)cc2)N=C1SCC(=O)NCC1CCCCC1. The van der Waals surface area contributed by atoms with Crippen molar-refractivity contribution in [2.24, 2.45) is 10.9 Å². The van der Waals surface area contributed by atoms with Gasteiger partial charge < -0.3 is 5.32 Å². The van der Waals surface area contributed by atoms with Gasteiger partial charge in [0.1, 0.15) is 5.70 Å². The zero-order valence-electron chi connectivity index (χ0n) is 16.7. The summed E-state index contributed by atoms with van der Waals surface area (Å²) in [5.41, 5.74) is 2.55. The lowest BCUT2D eigenvalue weighted by atomic mass is 9.89. The average molecular weight is 400 g/mol. The second-order valence-corrected chi connectivity index (χ2v) is 8.42. The molecule has 0 saturated heterocycles. The molecule has 0 bridgehead atoms. The van der Waals surface area contributed by atoms with Crippen LogP contribution in [0.15, 0.2) is 35.0 Å². The van der Waals surface area contributed by atoms with Crippen molar-refractivity contribution in [3.8, 4) is 0 Å². The Labute approximate surface area is 171 Å². The summed E-state index contributed by atoms with van der Waals surface area (Å²) in [5, 5.41) is 3.65. The predicted octanol–water partition coefficient (Wildman–Crippen LogP) is 3.98. The summed E-state index contributed by atoms with van der Waals surface area (Å²) in [7, 11) is 0. The third-order valence-corrected chi connectivity index (χ3v) is 6.23. The lowest BCUT2D eigenvalue weighted by Crippen LogP contribution is -2.34. The Morgan fingerprint density at radius 3 is 2.64 bits per heavy atom. The number of thioether (sulfide) groups is 1. The number of amidine groups is 1. The average Bonchev–Trinajstić information content (AvgIpc) is 3.01. The van der Waals surface area contributed by atoms with Gasteiger partial charge in [0, 0.05) is 13.1 Å². The molecule has 1 aromatic rings. The Bertz CT molecular complexity index is 764. The highest BCUT2D eigenvalue weighted by atomic mass is 32.2. The van der Waals surface area contributed by atoms with Crippen molar-refractivity contribution in [2.45, 2.75) is 46.0 Å². The summed E-state index contributed by atoms with van der Waals surface area (Å²) in [6.45, 7) is 5.26. The number of benzene rings is 1. The highest BCUT2D eigenvalue weighted by Gasteiger charge is 2.29. The molecule has 3 rings (SSSR count). The number of carbonyl (C=O) groups excluding carboxylic acids is 2. The fourth-order valence-corrected chi connectivity index (χ4v) is 4.46. The van der Waals surface area contributed by atoms with Crippen LogP contribution in [0.5, 0.6) is 0 Å². The second kappa shape index (κ2) is 9.92. The molecule has 1 fully saturated rings. The topological polar surface area (TPSA) is 61.8 Å². The molecular formula is C22H29N3O2S. The molecule has 0 unspecified atom stereocenters. The highest BCUT2D eigenvalue weighted by Crippen LogP contribution is 2.25. The van der Waals surface area contributed by atoms with Crippen molar-refractivity contribution in [1.82, 2.24) is 10.2 Å². The van der Waals surface area contributed by atoms with Gasteiger partial charge in [0.25, 0.3) is 5.91 Å². The quantitative estimate of drug-likeness (QED) is 0.736. The van der Waals surface area contributed by atoms with E-state index < -0.39 is 0 Å². The lowest BCUT2D eigenvalue weighted by molar-refractivity contribution is -0.122. The molecule has 0 aromatic heterocycles. The number of nitrogens with one attached hydrogen (secondary N) is 1. The summed E-state index contributed by atoms with van der Waals surface area (Å²) in [5.74, 6) is 0.808. The van der Waals surface area contributed by atoms with Gasteiger partial charge in [-0.15, -0.1) is 0 Å². The van der Waals surface area contributed by atoms with Crippen LogP contribution in [0.25, 0.3) is 6.08 Å². The van der Waals surface area contributed by atoms with Gasteiger partial charge in [-0.05, 0) is 44.2 Å². The van der Waals surface area contributed by atoms with E-state index in [0.717, 1.165) is 12.1 Å². The van der Waals surface area contributed by atoms with Gasteiger partial charge in [0.15, 0.2) is 5.17 Å². The number of aliphatic imine (C=N–C) groups is 1. The van der Waals surface area contributed by atoms with Crippen molar-refractivity contribution in [3.63, 3.8) is 0 Å². The molecule has 0 radical (unpaired) electrons. The van der Waals surface area contributed by atoms with Gasteiger partial charge in [-0.1, -0.05) is 60.9 Å². The second-order valence-electron chi connectivity index (χ2n) is 7.48. The Morgan fingerprint density at radius 2 is 1.96 bits per heavy atom. The first-order valence-corrected chi connectivity index (χ1v) is 11.1. The van der Waals surface area contributed by atoms with Crippen molar-refractivity contribution < 1.29 is 9.59 Å². The van der Waals surface area contributed by atoms with E-state index in [2.05, 4.69) is 10.3 Å². The number of hydrogen-bond acceptors (Lipinski definition) is 4. The summed E-state index contributed by atoms with van der Waals surface area (Å²) in [6.07, 6.45) is 8.10. The predicted molar refractivity (Wildman–Crippen MR) is 116 cm³/mol. The first-order valence-electron chi connectivity index (χ1n) is 10.1. The standard InChI is InChI=1S/C22H29N3O2S/c1-3-25-21(27)19(13-17-11-9-16(2)10-12-17)24-22(25)28-15-20(26)23-14-18-7-5-4-6-8-18/h9-13,18H,3-8,14-15H2,1-2H3,(H,23,26). The third kappa shape index (κ3) is 5.47. The van der Waals surface area contributed by atoms with E-state index in [4.69, 9.17) is 0 Å². The molecule has 1 heterocycles. The molecule has 1 saturated carbocycles. The molecule has 1 aliphatic heterocycles. The molecule has 5 nitrogen and oxygen atoms in total. The van der Waals surface area contributed by atoms with Gasteiger partial charge in [0.05, 0.1) is 5.75 Å². The van der Waals surface area contributed by atoms with Crippen molar-refractivity contribution in [3.05, 3.63) is 41.1 Å². The molecule has 2 aliphatic rings. The molecule has 0 atom stereocenters. The van der Waals surface area contributed by atoms with Gasteiger partial charge in [0.2, 0.25) is 5.91 Å². The van der Waals surface area contributed by atoms with Gasteiger partial charge >= 0.3 is 0 Å². The molecule has 150 valence electrons. The number of carbonyl (C=O) groups is 2. The van der Waals surface area contributed by atoms with Crippen molar-refractivity contribution in [1.29, 1.82) is 0 Å². The Balaban J connectivity index is 1.57. The lowest BCUT2D eigenvalue weighted by Gasteiger charge is -2.21. The van der Waals surface area contributed by atoms with E-state index in [1.54, 1.807) is 11.0 Å². The van der Waals surface area contributed by atoms with Crippen LogP contribution in [0.1, 0.15) is 50.2 Å². The summed E-state index contributed by atoms with van der Waals surface area (Å²) in [4.78, 5) is 31.0. The van der Waals surface area contributed by atoms with Crippen LogP contribution in [0, 0.1) is 12.8 Å². The Kier molecular flexibility index (Phi) is 7.31. The molecule has 6 heteroatoms. The monoisotopic (exact) mass is 399 g/mol. The van der Waals surface area contributed by atoms with Crippen molar-refractivity contribution >= 4 is 34.8 Å². The molecular weight excluding hydrogens is 370 g/mol. The van der Waals surface area contributed by atoms with E-state index >= 15 is 0 Å². The zero-order chi connectivity index (χ0) is 19.9. The fourth-order valence-electron chi connectivity index (χ4n) is 3.57. The third-order valence-electron chi connectivity index (χ3n) is 5.25. The van der Waals surface area contributed by atoms with Gasteiger partial charge in [-0.3, -0.25) is 14.5 Å². The number of amides is 2. The summed E-state index contributed by atoms with van der Waals surface area (Å²) >= 11 is 1.33. The molecule has 0 spiro atoms. The Hall–Kier alpha value is -2.08. The van der Waals surface area contributed by atoms with Crippen LogP contribution in [0.2, 0.25) is 0 Å². The first kappa shape index (κ1) is 20.6. The number of likely N-dealkylation sites (N-methyl/N-ethyl adjacent to an activating group) is 1. The molecule has 1 N–H and O–H groups in total. The van der Waals surface area contributed by atoms with E-state index in [1.807, 2.05) is 38.1 Å². The normalized spacial score (nSPS) is 19.2. The number of hydrogen-bond donors (Lipinski definition) is 1. The van der Waals surface area contributed by atoms with E-state index in [9.17, 15) is 9.59 Å². The molecule has 1 aromatic carbocycles. The van der Waals surface area contributed by atoms with Crippen LogP contribution in [0.3, 0.4) is 0 Å². The molecule has 2 amide bonds. The fraction of sp³-hybridized carbons (Fsp3) is 0.500. The highest BCUT2D eigenvalue weighted by molar-refractivity contribution is 8.14. The van der Waals surface area contributed by atoms with E-state index in [0.29, 0.717) is 23.3 Å². The van der Waals surface area contributed by atoms with Crippen LogP contribution in [-0.2, 0) is 9.59 Å². The van der Waals surface area contributed by atoms with Crippen molar-refractivity contribution in [2.75, 3.05) is 18.8 Å². The van der Waals surface area contributed by atoms with E-state index in [-0.39, 0.29) is 17.6 Å². The van der Waals surface area contributed by atoms with Crippen LogP contribution < -0.4 is 5.32 Å². The smallest absolute Gasteiger partial charge is 0.278 e. The maximum atomic E-state index is 12.6. The maximum absolute atomic E-state index is 12.6. The van der Waals surface area contributed by atoms with Gasteiger partial charge in [-0.2, -0.15) is 0 Å². The molecule has 28 heavy (non-hydrogen) atoms. The van der Waals surface area contributed by atoms with Gasteiger partial charge in [-0.25, -0.2) is 4.99 Å². The van der Waals surface area contributed by atoms with Crippen LogP contribution in [-0.4, -0.2) is 40.7 Å². The summed E-state index contributed by atoms with van der Waals surface area (Å²) in [6, 6.07) is 7.98. The van der Waals surface area contributed by atoms with E-state index in [1.165, 1.54) is 49.4 Å². The number of rotatable bonds is 6. The minimum Gasteiger partial charge on any atom is -0.355 e.